The van der Waals surface area contributed by atoms with Crippen LogP contribution in [0.4, 0.5) is 5.69 Å². The maximum atomic E-state index is 11.8. The number of rotatable bonds is 8. The Bertz CT molecular complexity index is 752. The van der Waals surface area contributed by atoms with Crippen LogP contribution in [0.1, 0.15) is 11.1 Å². The molecule has 0 aliphatic rings. The number of anilines is 1. The van der Waals surface area contributed by atoms with E-state index < -0.39 is 0 Å². The van der Waals surface area contributed by atoms with Crippen LogP contribution in [0.3, 0.4) is 0 Å². The number of nitrogens with two attached hydrogens (primary N) is 1. The van der Waals surface area contributed by atoms with E-state index in [-0.39, 0.29) is 43.1 Å². The first-order chi connectivity index (χ1) is 12.0. The summed E-state index contributed by atoms with van der Waals surface area (Å²) in [6.07, 6.45) is 0. The van der Waals surface area contributed by atoms with E-state index in [1.807, 2.05) is 30.3 Å². The molecule has 0 aliphatic heterocycles. The van der Waals surface area contributed by atoms with Crippen LogP contribution < -0.4 is 21.7 Å². The molecule has 0 fully saturated rings. The van der Waals surface area contributed by atoms with Crippen molar-refractivity contribution in [3.8, 4) is 0 Å². The third-order valence-corrected chi connectivity index (χ3v) is 3.41. The molecule has 0 saturated carbocycles. The molecule has 0 bridgehead atoms. The highest BCUT2D eigenvalue weighted by atomic mass is 35.5. The van der Waals surface area contributed by atoms with Crippen LogP contribution in [-0.4, -0.2) is 30.7 Å². The lowest BCUT2D eigenvalue weighted by molar-refractivity contribution is -0.125. The quantitative estimate of drug-likeness (QED) is 0.352. The van der Waals surface area contributed by atoms with Crippen molar-refractivity contribution >= 4 is 35.7 Å². The number of nitrogens with one attached hydrogen (secondary N) is 4. The molecule has 6 N–H and O–H groups in total. The summed E-state index contributed by atoms with van der Waals surface area (Å²) in [5.74, 6) is -0.595. The third kappa shape index (κ3) is 7.23. The molecule has 2 aromatic rings. The van der Waals surface area contributed by atoms with E-state index >= 15 is 0 Å². The van der Waals surface area contributed by atoms with Gasteiger partial charge in [0, 0.05) is 17.8 Å². The zero-order chi connectivity index (χ0) is 18.1. The molecule has 0 aliphatic carbocycles. The highest BCUT2D eigenvalue weighted by Gasteiger charge is 2.06. The standard InChI is InChI=1S/C18H21N5O2.ClH/c19-18(20)14-7-4-8-15(9-14)21-11-16(24)23-12-17(25)22-10-13-5-2-1-3-6-13;/h1-9,21H,10-12H2,(H3,19,20)(H,22,25)(H,23,24);1H. The molecule has 0 saturated heterocycles. The Morgan fingerprint density at radius 1 is 0.923 bits per heavy atom. The van der Waals surface area contributed by atoms with E-state index in [9.17, 15) is 9.59 Å². The molecular weight excluding hydrogens is 354 g/mol. The Hall–Kier alpha value is -3.06. The van der Waals surface area contributed by atoms with E-state index in [0.29, 0.717) is 17.8 Å². The number of carbonyl (C=O) groups excluding carboxylic acids is 2. The van der Waals surface area contributed by atoms with Crippen LogP contribution in [0.25, 0.3) is 0 Å². The lowest BCUT2D eigenvalue weighted by Crippen LogP contribution is -2.39. The van der Waals surface area contributed by atoms with Gasteiger partial charge in [0.1, 0.15) is 5.84 Å². The predicted molar refractivity (Wildman–Crippen MR) is 104 cm³/mol. The van der Waals surface area contributed by atoms with Gasteiger partial charge in [-0.05, 0) is 17.7 Å². The largest absolute Gasteiger partial charge is 0.384 e. The Morgan fingerprint density at radius 2 is 1.62 bits per heavy atom. The number of hydrogen-bond donors (Lipinski definition) is 5. The maximum absolute atomic E-state index is 11.8. The summed E-state index contributed by atoms with van der Waals surface area (Å²) < 4.78 is 0. The van der Waals surface area contributed by atoms with Gasteiger partial charge in [-0.1, -0.05) is 42.5 Å². The van der Waals surface area contributed by atoms with Crippen LogP contribution in [-0.2, 0) is 16.1 Å². The summed E-state index contributed by atoms with van der Waals surface area (Å²) in [7, 11) is 0. The highest BCUT2D eigenvalue weighted by molar-refractivity contribution is 5.96. The molecule has 0 atom stereocenters. The molecule has 2 amide bonds. The fourth-order valence-corrected chi connectivity index (χ4v) is 2.08. The average molecular weight is 376 g/mol. The molecule has 7 nitrogen and oxygen atoms in total. The second-order valence-electron chi connectivity index (χ2n) is 5.39. The smallest absolute Gasteiger partial charge is 0.239 e. The molecule has 26 heavy (non-hydrogen) atoms. The molecular formula is C18H22ClN5O2. The fraction of sp³-hybridized carbons (Fsp3) is 0.167. The monoisotopic (exact) mass is 375 g/mol. The van der Waals surface area contributed by atoms with Gasteiger partial charge in [0.15, 0.2) is 0 Å². The number of amides is 2. The number of amidine groups is 1. The molecule has 0 heterocycles. The zero-order valence-corrected chi connectivity index (χ0v) is 14.9. The van der Waals surface area contributed by atoms with E-state index in [1.165, 1.54) is 0 Å². The minimum Gasteiger partial charge on any atom is -0.384 e. The van der Waals surface area contributed by atoms with Crippen LogP contribution in [0.15, 0.2) is 54.6 Å². The highest BCUT2D eigenvalue weighted by Crippen LogP contribution is 2.09. The Kier molecular flexibility index (Phi) is 8.66. The first-order valence-corrected chi connectivity index (χ1v) is 7.80. The van der Waals surface area contributed by atoms with Crippen molar-refractivity contribution < 1.29 is 9.59 Å². The molecule has 0 radical (unpaired) electrons. The number of benzene rings is 2. The third-order valence-electron chi connectivity index (χ3n) is 3.41. The van der Waals surface area contributed by atoms with Crippen LogP contribution in [0, 0.1) is 5.41 Å². The van der Waals surface area contributed by atoms with Crippen LogP contribution in [0.2, 0.25) is 0 Å². The van der Waals surface area contributed by atoms with Crippen molar-refractivity contribution in [2.75, 3.05) is 18.4 Å². The lowest BCUT2D eigenvalue weighted by Gasteiger charge is -2.09. The van der Waals surface area contributed by atoms with Crippen LogP contribution in [0.5, 0.6) is 0 Å². The Labute approximate surface area is 158 Å². The van der Waals surface area contributed by atoms with Crippen molar-refractivity contribution in [2.24, 2.45) is 5.73 Å². The molecule has 138 valence electrons. The summed E-state index contributed by atoms with van der Waals surface area (Å²) in [5, 5.41) is 15.6. The fourth-order valence-electron chi connectivity index (χ4n) is 2.08. The van der Waals surface area contributed by atoms with Gasteiger partial charge in [-0.25, -0.2) is 0 Å². The van der Waals surface area contributed by atoms with Gasteiger partial charge in [-0.3, -0.25) is 15.0 Å². The average Bonchev–Trinajstić information content (AvgIpc) is 2.64. The van der Waals surface area contributed by atoms with Gasteiger partial charge in [0.05, 0.1) is 13.1 Å². The minimum atomic E-state index is -0.303. The molecule has 0 unspecified atom stereocenters. The van der Waals surface area contributed by atoms with E-state index in [1.54, 1.807) is 24.3 Å². The van der Waals surface area contributed by atoms with Gasteiger partial charge in [0.2, 0.25) is 11.8 Å². The first kappa shape index (κ1) is 21.0. The van der Waals surface area contributed by atoms with Crippen molar-refractivity contribution in [3.05, 3.63) is 65.7 Å². The minimum absolute atomic E-state index is 0. The first-order valence-electron chi connectivity index (χ1n) is 7.80. The van der Waals surface area contributed by atoms with Crippen molar-refractivity contribution in [2.45, 2.75) is 6.54 Å². The topological polar surface area (TPSA) is 120 Å². The number of nitrogen functional groups attached to an aromatic ring is 1. The summed E-state index contributed by atoms with van der Waals surface area (Å²) in [6.45, 7) is 0.361. The molecule has 2 aromatic carbocycles. The molecule has 8 heteroatoms. The van der Waals surface area contributed by atoms with Gasteiger partial charge in [-0.2, -0.15) is 0 Å². The summed E-state index contributed by atoms with van der Waals surface area (Å²) in [5.41, 5.74) is 7.67. The van der Waals surface area contributed by atoms with E-state index in [2.05, 4.69) is 16.0 Å². The van der Waals surface area contributed by atoms with Gasteiger partial charge >= 0.3 is 0 Å². The Balaban J connectivity index is 0.00000338. The summed E-state index contributed by atoms with van der Waals surface area (Å²) in [6, 6.07) is 16.4. The maximum Gasteiger partial charge on any atom is 0.239 e. The SMILES string of the molecule is Cl.N=C(N)c1cccc(NCC(=O)NCC(=O)NCc2ccccc2)c1. The zero-order valence-electron chi connectivity index (χ0n) is 14.1. The van der Waals surface area contributed by atoms with E-state index in [0.717, 1.165) is 5.56 Å². The molecule has 2 rings (SSSR count). The second kappa shape index (κ2) is 10.7. The number of hydrogen-bond acceptors (Lipinski definition) is 4. The van der Waals surface area contributed by atoms with Crippen molar-refractivity contribution in [1.29, 1.82) is 5.41 Å². The van der Waals surface area contributed by atoms with Gasteiger partial charge in [0.25, 0.3) is 0 Å². The van der Waals surface area contributed by atoms with Crippen molar-refractivity contribution in [1.82, 2.24) is 10.6 Å². The lowest BCUT2D eigenvalue weighted by atomic mass is 10.2. The van der Waals surface area contributed by atoms with E-state index in [4.69, 9.17) is 11.1 Å². The number of carbonyl (C=O) groups is 2. The second-order valence-corrected chi connectivity index (χ2v) is 5.39. The predicted octanol–water partition coefficient (Wildman–Crippen LogP) is 1.24. The van der Waals surface area contributed by atoms with Crippen molar-refractivity contribution in [3.63, 3.8) is 0 Å². The number of halogens is 1. The molecule has 0 aromatic heterocycles. The normalized spacial score (nSPS) is 9.54. The van der Waals surface area contributed by atoms with Crippen LogP contribution >= 0.6 is 12.4 Å². The molecule has 0 spiro atoms. The summed E-state index contributed by atoms with van der Waals surface area (Å²) >= 11 is 0. The summed E-state index contributed by atoms with van der Waals surface area (Å²) in [4.78, 5) is 23.5. The van der Waals surface area contributed by atoms with Gasteiger partial charge in [-0.15, -0.1) is 12.4 Å². The Morgan fingerprint density at radius 3 is 2.31 bits per heavy atom. The van der Waals surface area contributed by atoms with Gasteiger partial charge < -0.3 is 21.7 Å².